The second-order valence-corrected chi connectivity index (χ2v) is 5.08. The van der Waals surface area contributed by atoms with Crippen molar-refractivity contribution in [3.63, 3.8) is 0 Å². The van der Waals surface area contributed by atoms with Crippen molar-refractivity contribution in [1.29, 1.82) is 5.26 Å². The van der Waals surface area contributed by atoms with E-state index in [4.69, 9.17) is 5.26 Å². The fourth-order valence-corrected chi connectivity index (χ4v) is 2.44. The number of halogens is 4. The number of hydrogen-bond acceptors (Lipinski definition) is 2. The molecule has 0 aromatic heterocycles. The van der Waals surface area contributed by atoms with Gasteiger partial charge in [0, 0.05) is 10.5 Å². The molecule has 0 N–H and O–H groups in total. The molecule has 0 saturated heterocycles. The number of carbonyl (C=O) groups excluding carboxylic acids is 1. The van der Waals surface area contributed by atoms with Crippen LogP contribution < -0.4 is 0 Å². The first kappa shape index (κ1) is 15.3. The van der Waals surface area contributed by atoms with Gasteiger partial charge in [0.25, 0.3) is 0 Å². The van der Waals surface area contributed by atoms with Crippen molar-refractivity contribution in [2.24, 2.45) is 0 Å². The van der Waals surface area contributed by atoms with E-state index in [1.54, 1.807) is 6.07 Å². The van der Waals surface area contributed by atoms with E-state index in [0.29, 0.717) is 6.07 Å². The van der Waals surface area contributed by atoms with Crippen LogP contribution in [0.2, 0.25) is 0 Å². The Hall–Kier alpha value is -2.13. The average molecular weight is 354 g/mol. The summed E-state index contributed by atoms with van der Waals surface area (Å²) in [5, 5.41) is 9.12. The smallest absolute Gasteiger partial charge is 0.188 e. The molecule has 0 aliphatic heterocycles. The molecule has 106 valence electrons. The molecule has 0 fully saturated rings. The fourth-order valence-electron chi connectivity index (χ4n) is 1.90. The monoisotopic (exact) mass is 353 g/mol. The summed E-state index contributed by atoms with van der Waals surface area (Å²) in [7, 11) is 0. The summed E-state index contributed by atoms with van der Waals surface area (Å²) < 4.78 is 40.3. The van der Waals surface area contributed by atoms with Gasteiger partial charge in [-0.15, -0.1) is 0 Å². The minimum atomic E-state index is -1.50. The SMILES string of the molecule is N#CC(C(=O)c1c(F)cccc1Br)c1cc(F)cc(F)c1. The van der Waals surface area contributed by atoms with Crippen LogP contribution in [0.25, 0.3) is 0 Å². The Kier molecular flexibility index (Phi) is 4.43. The summed E-state index contributed by atoms with van der Waals surface area (Å²) in [5.74, 6) is -5.00. The van der Waals surface area contributed by atoms with Gasteiger partial charge >= 0.3 is 0 Å². The molecule has 2 aromatic carbocycles. The van der Waals surface area contributed by atoms with E-state index in [1.807, 2.05) is 0 Å². The molecule has 0 radical (unpaired) electrons. The molecule has 1 atom stereocenters. The number of benzene rings is 2. The fraction of sp³-hybridized carbons (Fsp3) is 0.0667. The van der Waals surface area contributed by atoms with Gasteiger partial charge in [-0.3, -0.25) is 4.79 Å². The molecule has 2 nitrogen and oxygen atoms in total. The molecule has 0 heterocycles. The topological polar surface area (TPSA) is 40.9 Å². The van der Waals surface area contributed by atoms with E-state index in [2.05, 4.69) is 15.9 Å². The molecule has 1 unspecified atom stereocenters. The third kappa shape index (κ3) is 3.14. The maximum absolute atomic E-state index is 13.8. The van der Waals surface area contributed by atoms with Gasteiger partial charge in [0.2, 0.25) is 0 Å². The lowest BCUT2D eigenvalue weighted by molar-refractivity contribution is 0.0974. The number of carbonyl (C=O) groups is 1. The minimum absolute atomic E-state index is 0.157. The minimum Gasteiger partial charge on any atom is -0.292 e. The highest BCUT2D eigenvalue weighted by Crippen LogP contribution is 2.28. The molecule has 0 spiro atoms. The van der Waals surface area contributed by atoms with E-state index >= 15 is 0 Å². The van der Waals surface area contributed by atoms with Crippen molar-refractivity contribution in [2.75, 3.05) is 0 Å². The Bertz CT molecular complexity index is 715. The first-order chi connectivity index (χ1) is 9.93. The van der Waals surface area contributed by atoms with Gasteiger partial charge in [-0.25, -0.2) is 13.2 Å². The molecule has 0 aliphatic carbocycles. The lowest BCUT2D eigenvalue weighted by Crippen LogP contribution is -2.14. The third-order valence-corrected chi connectivity index (χ3v) is 3.48. The Balaban J connectivity index is 2.52. The summed E-state index contributed by atoms with van der Waals surface area (Å²) >= 11 is 3.03. The van der Waals surface area contributed by atoms with E-state index < -0.39 is 29.2 Å². The number of Topliss-reactive ketones (excluding diaryl/α,β-unsaturated/α-hetero) is 1. The highest BCUT2D eigenvalue weighted by Gasteiger charge is 2.27. The van der Waals surface area contributed by atoms with Crippen LogP contribution in [0.3, 0.4) is 0 Å². The van der Waals surface area contributed by atoms with Gasteiger partial charge in [0.05, 0.1) is 11.6 Å². The number of ketones is 1. The summed E-state index contributed by atoms with van der Waals surface area (Å²) in [6.45, 7) is 0. The van der Waals surface area contributed by atoms with E-state index in [9.17, 15) is 18.0 Å². The molecule has 21 heavy (non-hydrogen) atoms. The van der Waals surface area contributed by atoms with Crippen molar-refractivity contribution in [3.8, 4) is 6.07 Å². The average Bonchev–Trinajstić information content (AvgIpc) is 2.38. The zero-order valence-electron chi connectivity index (χ0n) is 10.4. The van der Waals surface area contributed by atoms with Gasteiger partial charge in [-0.05, 0) is 45.8 Å². The lowest BCUT2D eigenvalue weighted by atomic mass is 9.91. The summed E-state index contributed by atoms with van der Waals surface area (Å²) in [6.07, 6.45) is 0. The van der Waals surface area contributed by atoms with Crippen molar-refractivity contribution in [2.45, 2.75) is 5.92 Å². The van der Waals surface area contributed by atoms with E-state index in [-0.39, 0.29) is 15.6 Å². The second-order valence-electron chi connectivity index (χ2n) is 4.23. The zero-order valence-corrected chi connectivity index (χ0v) is 12.0. The molecular weight excluding hydrogens is 347 g/mol. The van der Waals surface area contributed by atoms with Crippen molar-refractivity contribution >= 4 is 21.7 Å². The van der Waals surface area contributed by atoms with Gasteiger partial charge in [0.1, 0.15) is 23.4 Å². The summed E-state index contributed by atoms with van der Waals surface area (Å²) in [5.41, 5.74) is -0.483. The molecule has 2 rings (SSSR count). The van der Waals surface area contributed by atoms with Gasteiger partial charge < -0.3 is 0 Å². The normalized spacial score (nSPS) is 11.8. The standard InChI is InChI=1S/C15H7BrF3NO/c16-12-2-1-3-13(19)14(12)15(21)11(7-20)8-4-9(17)6-10(18)5-8/h1-6,11H. The number of nitriles is 1. The van der Waals surface area contributed by atoms with Crippen molar-refractivity contribution in [3.05, 3.63) is 69.4 Å². The number of rotatable bonds is 3. The second kappa shape index (κ2) is 6.10. The van der Waals surface area contributed by atoms with E-state index in [1.165, 1.54) is 12.1 Å². The summed E-state index contributed by atoms with van der Waals surface area (Å²) in [6, 6.07) is 7.94. The van der Waals surface area contributed by atoms with Crippen LogP contribution in [0.1, 0.15) is 21.8 Å². The van der Waals surface area contributed by atoms with Crippen LogP contribution in [-0.4, -0.2) is 5.78 Å². The molecule has 2 aromatic rings. The summed E-state index contributed by atoms with van der Waals surface area (Å²) in [4.78, 5) is 12.3. The van der Waals surface area contributed by atoms with Crippen molar-refractivity contribution in [1.82, 2.24) is 0 Å². The van der Waals surface area contributed by atoms with Crippen LogP contribution in [0, 0.1) is 28.8 Å². The molecular formula is C15H7BrF3NO. The van der Waals surface area contributed by atoms with Crippen LogP contribution in [0.5, 0.6) is 0 Å². The predicted octanol–water partition coefficient (Wildman–Crippen LogP) is 4.36. The first-order valence-corrected chi connectivity index (χ1v) is 6.57. The highest BCUT2D eigenvalue weighted by molar-refractivity contribution is 9.10. The quantitative estimate of drug-likeness (QED) is 0.769. The van der Waals surface area contributed by atoms with Gasteiger partial charge in [0.15, 0.2) is 5.78 Å². The van der Waals surface area contributed by atoms with Crippen LogP contribution in [0.4, 0.5) is 13.2 Å². The Morgan fingerprint density at radius 1 is 1.14 bits per heavy atom. The maximum atomic E-state index is 13.8. The van der Waals surface area contributed by atoms with Gasteiger partial charge in [-0.2, -0.15) is 5.26 Å². The maximum Gasteiger partial charge on any atom is 0.188 e. The van der Waals surface area contributed by atoms with Crippen LogP contribution >= 0.6 is 15.9 Å². The zero-order chi connectivity index (χ0) is 15.6. The first-order valence-electron chi connectivity index (χ1n) is 5.78. The molecule has 0 saturated carbocycles. The van der Waals surface area contributed by atoms with Crippen molar-refractivity contribution < 1.29 is 18.0 Å². The molecule has 0 bridgehead atoms. The number of hydrogen-bond donors (Lipinski definition) is 0. The molecule has 6 heteroatoms. The Morgan fingerprint density at radius 2 is 1.76 bits per heavy atom. The highest BCUT2D eigenvalue weighted by atomic mass is 79.9. The predicted molar refractivity (Wildman–Crippen MR) is 73.1 cm³/mol. The van der Waals surface area contributed by atoms with E-state index in [0.717, 1.165) is 18.2 Å². The van der Waals surface area contributed by atoms with Gasteiger partial charge in [-0.1, -0.05) is 6.07 Å². The Morgan fingerprint density at radius 3 is 2.29 bits per heavy atom. The number of nitrogens with zero attached hydrogens (tertiary/aromatic N) is 1. The molecule has 0 amide bonds. The third-order valence-electron chi connectivity index (χ3n) is 2.82. The van der Waals surface area contributed by atoms with Crippen LogP contribution in [0.15, 0.2) is 40.9 Å². The van der Waals surface area contributed by atoms with Crippen LogP contribution in [-0.2, 0) is 0 Å². The Labute approximate surface area is 127 Å². The lowest BCUT2D eigenvalue weighted by Gasteiger charge is -2.11. The molecule has 0 aliphatic rings. The largest absolute Gasteiger partial charge is 0.292 e.